The van der Waals surface area contributed by atoms with Gasteiger partial charge >= 0.3 is 5.97 Å². The second-order valence-corrected chi connectivity index (χ2v) is 3.75. The zero-order valence-electron chi connectivity index (χ0n) is 11.2. The fourth-order valence-electron chi connectivity index (χ4n) is 1.53. The van der Waals surface area contributed by atoms with E-state index in [4.69, 9.17) is 15.2 Å². The number of nitrogens with zero attached hydrogens (tertiary/aromatic N) is 4. The van der Waals surface area contributed by atoms with Gasteiger partial charge in [0.2, 0.25) is 5.88 Å². The zero-order chi connectivity index (χ0) is 14.5. The molecule has 0 aliphatic carbocycles. The van der Waals surface area contributed by atoms with Gasteiger partial charge in [0.15, 0.2) is 11.5 Å². The van der Waals surface area contributed by atoms with Crippen molar-refractivity contribution in [1.29, 1.82) is 0 Å². The Kier molecular flexibility index (Phi) is 4.14. The predicted molar refractivity (Wildman–Crippen MR) is 70.7 cm³/mol. The molecule has 0 aliphatic rings. The van der Waals surface area contributed by atoms with E-state index in [1.165, 1.54) is 23.3 Å². The molecule has 0 radical (unpaired) electrons. The first-order valence-electron chi connectivity index (χ1n) is 6.13. The van der Waals surface area contributed by atoms with Gasteiger partial charge < -0.3 is 15.2 Å². The van der Waals surface area contributed by atoms with Crippen LogP contribution in [0.15, 0.2) is 18.6 Å². The Balaban J connectivity index is 2.31. The summed E-state index contributed by atoms with van der Waals surface area (Å²) in [5.74, 6) is 0.202. The molecule has 2 heterocycles. The number of hydrogen-bond acceptors (Lipinski definition) is 7. The molecule has 0 saturated heterocycles. The largest absolute Gasteiger partial charge is 0.477 e. The van der Waals surface area contributed by atoms with E-state index in [1.54, 1.807) is 6.92 Å². The van der Waals surface area contributed by atoms with E-state index in [1.807, 2.05) is 6.92 Å². The lowest BCUT2D eigenvalue weighted by atomic mass is 10.4. The Morgan fingerprint density at radius 2 is 2.15 bits per heavy atom. The third-order valence-electron chi connectivity index (χ3n) is 2.34. The lowest BCUT2D eigenvalue weighted by Crippen LogP contribution is -2.09. The monoisotopic (exact) mass is 277 g/mol. The van der Waals surface area contributed by atoms with Crippen LogP contribution in [0.4, 0.5) is 5.69 Å². The highest BCUT2D eigenvalue weighted by Gasteiger charge is 2.17. The first-order valence-corrected chi connectivity index (χ1v) is 6.13. The van der Waals surface area contributed by atoms with Gasteiger partial charge in [0.25, 0.3) is 0 Å². The van der Waals surface area contributed by atoms with Gasteiger partial charge in [-0.15, -0.1) is 0 Å². The smallest absolute Gasteiger partial charge is 0.361 e. The molecule has 0 spiro atoms. The molecule has 0 atom stereocenters. The molecular formula is C12H15N5O3. The lowest BCUT2D eigenvalue weighted by molar-refractivity contribution is 0.0520. The van der Waals surface area contributed by atoms with Gasteiger partial charge in [-0.3, -0.25) is 4.98 Å². The van der Waals surface area contributed by atoms with E-state index < -0.39 is 5.97 Å². The normalized spacial score (nSPS) is 10.3. The first-order chi connectivity index (χ1) is 9.65. The van der Waals surface area contributed by atoms with E-state index in [9.17, 15) is 4.79 Å². The number of carbonyl (C=O) groups is 1. The molecule has 8 heteroatoms. The average Bonchev–Trinajstić information content (AvgIpc) is 2.82. The molecule has 0 amide bonds. The van der Waals surface area contributed by atoms with Crippen LogP contribution in [0.25, 0.3) is 5.82 Å². The molecule has 2 aromatic rings. The molecule has 0 bridgehead atoms. The summed E-state index contributed by atoms with van der Waals surface area (Å²) >= 11 is 0. The molecule has 2 aromatic heterocycles. The number of aromatic nitrogens is 4. The van der Waals surface area contributed by atoms with E-state index in [2.05, 4.69) is 15.1 Å². The van der Waals surface area contributed by atoms with Crippen molar-refractivity contribution >= 4 is 11.7 Å². The van der Waals surface area contributed by atoms with E-state index in [0.29, 0.717) is 18.3 Å². The Labute approximate surface area is 115 Å². The van der Waals surface area contributed by atoms with Crippen LogP contribution in [-0.4, -0.2) is 38.9 Å². The van der Waals surface area contributed by atoms with Crippen molar-refractivity contribution in [2.75, 3.05) is 18.9 Å². The summed E-state index contributed by atoms with van der Waals surface area (Å²) in [7, 11) is 0. The maximum absolute atomic E-state index is 11.6. The van der Waals surface area contributed by atoms with Gasteiger partial charge in [-0.1, -0.05) is 0 Å². The van der Waals surface area contributed by atoms with Crippen molar-refractivity contribution in [1.82, 2.24) is 19.7 Å². The van der Waals surface area contributed by atoms with Crippen molar-refractivity contribution in [3.63, 3.8) is 0 Å². The lowest BCUT2D eigenvalue weighted by Gasteiger charge is -2.03. The summed E-state index contributed by atoms with van der Waals surface area (Å²) in [6.45, 7) is 4.29. The van der Waals surface area contributed by atoms with Crippen LogP contribution in [0.1, 0.15) is 24.3 Å². The van der Waals surface area contributed by atoms with Crippen molar-refractivity contribution in [3.05, 3.63) is 24.3 Å². The maximum atomic E-state index is 11.6. The number of nitrogen functional groups attached to an aromatic ring is 1. The van der Waals surface area contributed by atoms with Crippen LogP contribution in [0.5, 0.6) is 5.88 Å². The van der Waals surface area contributed by atoms with Crippen molar-refractivity contribution in [3.8, 4) is 11.7 Å². The number of ether oxygens (including phenoxy) is 2. The molecule has 20 heavy (non-hydrogen) atoms. The van der Waals surface area contributed by atoms with Crippen molar-refractivity contribution in [2.45, 2.75) is 13.8 Å². The minimum atomic E-state index is -0.572. The van der Waals surface area contributed by atoms with Gasteiger partial charge in [-0.2, -0.15) is 10.1 Å². The quantitative estimate of drug-likeness (QED) is 0.806. The zero-order valence-corrected chi connectivity index (χ0v) is 11.2. The van der Waals surface area contributed by atoms with Gasteiger partial charge in [0.1, 0.15) is 0 Å². The molecule has 0 unspecified atom stereocenters. The van der Waals surface area contributed by atoms with Crippen LogP contribution in [0, 0.1) is 0 Å². The molecule has 8 nitrogen and oxygen atoms in total. The molecule has 0 fully saturated rings. The fourth-order valence-corrected chi connectivity index (χ4v) is 1.53. The summed E-state index contributed by atoms with van der Waals surface area (Å²) in [6, 6.07) is 0. The number of carbonyl (C=O) groups excluding carboxylic acids is 1. The fraction of sp³-hybridized carbons (Fsp3) is 0.333. The highest BCUT2D eigenvalue weighted by Crippen LogP contribution is 2.15. The van der Waals surface area contributed by atoms with Gasteiger partial charge in [0, 0.05) is 0 Å². The van der Waals surface area contributed by atoms with Crippen LogP contribution < -0.4 is 10.5 Å². The number of rotatable bonds is 5. The standard InChI is InChI=1S/C12H15N5O3/c1-3-19-10-6-14-5-9(15-10)17-7-8(13)11(16-17)12(18)20-4-2/h5-7H,3-4,13H2,1-2H3. The minimum Gasteiger partial charge on any atom is -0.477 e. The van der Waals surface area contributed by atoms with Crippen LogP contribution in [-0.2, 0) is 4.74 Å². The second kappa shape index (κ2) is 6.00. The highest BCUT2D eigenvalue weighted by atomic mass is 16.5. The number of nitrogens with two attached hydrogens (primary N) is 1. The molecule has 106 valence electrons. The summed E-state index contributed by atoms with van der Waals surface area (Å²) in [5.41, 5.74) is 6.01. The van der Waals surface area contributed by atoms with Crippen LogP contribution in [0.2, 0.25) is 0 Å². The predicted octanol–water partition coefficient (Wildman–Crippen LogP) is 0.820. The molecular weight excluding hydrogens is 262 g/mol. The van der Waals surface area contributed by atoms with E-state index in [0.717, 1.165) is 0 Å². The Bertz CT molecular complexity index is 611. The van der Waals surface area contributed by atoms with Gasteiger partial charge in [0.05, 0.1) is 37.5 Å². The molecule has 0 aliphatic heterocycles. The van der Waals surface area contributed by atoms with Crippen LogP contribution >= 0.6 is 0 Å². The van der Waals surface area contributed by atoms with E-state index >= 15 is 0 Å². The maximum Gasteiger partial charge on any atom is 0.361 e. The highest BCUT2D eigenvalue weighted by molar-refractivity contribution is 5.92. The Morgan fingerprint density at radius 1 is 1.35 bits per heavy atom. The molecule has 2 N–H and O–H groups in total. The Morgan fingerprint density at radius 3 is 2.85 bits per heavy atom. The molecule has 0 saturated carbocycles. The summed E-state index contributed by atoms with van der Waals surface area (Å²) in [4.78, 5) is 19.8. The number of anilines is 1. The third kappa shape index (κ3) is 2.85. The minimum absolute atomic E-state index is 0.0514. The molecule has 2 rings (SSSR count). The average molecular weight is 277 g/mol. The third-order valence-corrected chi connectivity index (χ3v) is 2.34. The number of hydrogen-bond donors (Lipinski definition) is 1. The SMILES string of the molecule is CCOC(=O)c1nn(-c2cncc(OCC)n2)cc1N. The van der Waals surface area contributed by atoms with Crippen LogP contribution in [0.3, 0.4) is 0 Å². The summed E-state index contributed by atoms with van der Waals surface area (Å²) in [6.07, 6.45) is 4.46. The van der Waals surface area contributed by atoms with E-state index in [-0.39, 0.29) is 18.0 Å². The Hall–Kier alpha value is -2.64. The second-order valence-electron chi connectivity index (χ2n) is 3.75. The van der Waals surface area contributed by atoms with Gasteiger partial charge in [-0.25, -0.2) is 9.48 Å². The molecule has 0 aromatic carbocycles. The summed E-state index contributed by atoms with van der Waals surface area (Å²) < 4.78 is 11.5. The topological polar surface area (TPSA) is 105 Å². The first kappa shape index (κ1) is 13.8. The van der Waals surface area contributed by atoms with Crippen molar-refractivity contribution in [2.24, 2.45) is 0 Å². The summed E-state index contributed by atoms with van der Waals surface area (Å²) in [5, 5.41) is 4.06. The number of esters is 1. The van der Waals surface area contributed by atoms with Gasteiger partial charge in [-0.05, 0) is 13.8 Å². The van der Waals surface area contributed by atoms with Crippen molar-refractivity contribution < 1.29 is 14.3 Å².